The highest BCUT2D eigenvalue weighted by Crippen LogP contribution is 2.22. The van der Waals surface area contributed by atoms with Crippen molar-refractivity contribution in [1.29, 1.82) is 0 Å². The van der Waals surface area contributed by atoms with Crippen molar-refractivity contribution in [2.45, 2.75) is 13.0 Å². The second kappa shape index (κ2) is 6.03. The lowest BCUT2D eigenvalue weighted by Crippen LogP contribution is -2.30. The number of nitrogens with one attached hydrogen (secondary N) is 1. The molecule has 0 aromatic carbocycles. The third kappa shape index (κ3) is 2.59. The molecule has 9 heteroatoms. The fourth-order valence-electron chi connectivity index (χ4n) is 2.71. The van der Waals surface area contributed by atoms with E-state index in [1.165, 1.54) is 10.8 Å². The quantitative estimate of drug-likeness (QED) is 0.581. The van der Waals surface area contributed by atoms with Gasteiger partial charge in [-0.15, -0.1) is 5.10 Å². The fourth-order valence-corrected chi connectivity index (χ4v) is 2.71. The smallest absolute Gasteiger partial charge is 0.272 e. The van der Waals surface area contributed by atoms with E-state index in [4.69, 9.17) is 10.2 Å². The molecule has 1 amide bonds. The number of furan rings is 1. The summed E-state index contributed by atoms with van der Waals surface area (Å²) in [4.78, 5) is 26.0. The maximum absolute atomic E-state index is 12.8. The Morgan fingerprint density at radius 2 is 2.23 bits per heavy atom. The number of H-pyrrole nitrogens is 1. The molecular formula is C17H17N7O2. The van der Waals surface area contributed by atoms with E-state index >= 15 is 0 Å². The first kappa shape index (κ1) is 15.9. The Bertz CT molecular complexity index is 1050. The number of amides is 1. The Hall–Kier alpha value is -3.62. The van der Waals surface area contributed by atoms with Gasteiger partial charge >= 0.3 is 0 Å². The van der Waals surface area contributed by atoms with Crippen LogP contribution in [0.2, 0.25) is 0 Å². The Kier molecular flexibility index (Phi) is 3.68. The summed E-state index contributed by atoms with van der Waals surface area (Å²) in [5.74, 6) is 0.718. The highest BCUT2D eigenvalue weighted by Gasteiger charge is 2.22. The molecule has 0 aliphatic heterocycles. The number of aromatic nitrogens is 5. The zero-order valence-corrected chi connectivity index (χ0v) is 14.2. The third-order valence-electron chi connectivity index (χ3n) is 4.32. The molecule has 4 rings (SSSR count). The highest BCUT2D eigenvalue weighted by molar-refractivity contribution is 5.93. The van der Waals surface area contributed by atoms with E-state index < -0.39 is 0 Å². The largest absolute Gasteiger partial charge is 0.461 e. The zero-order valence-electron chi connectivity index (χ0n) is 14.2. The predicted octanol–water partition coefficient (Wildman–Crippen LogP) is 2.13. The van der Waals surface area contributed by atoms with Crippen molar-refractivity contribution in [1.82, 2.24) is 29.5 Å². The number of aromatic amines is 1. The highest BCUT2D eigenvalue weighted by atomic mass is 16.3. The molecule has 4 aromatic heterocycles. The molecule has 4 heterocycles. The molecule has 4 aromatic rings. The second-order valence-electron chi connectivity index (χ2n) is 5.92. The number of nitrogens with two attached hydrogens (primary N) is 1. The van der Waals surface area contributed by atoms with Gasteiger partial charge in [0.2, 0.25) is 11.8 Å². The fraction of sp³-hybridized carbons (Fsp3) is 0.176. The molecule has 0 radical (unpaired) electrons. The van der Waals surface area contributed by atoms with Crippen LogP contribution in [0, 0.1) is 0 Å². The van der Waals surface area contributed by atoms with E-state index in [9.17, 15) is 4.79 Å². The number of carbonyl (C=O) groups is 1. The van der Waals surface area contributed by atoms with Crippen LogP contribution in [-0.2, 0) is 0 Å². The molecular weight excluding hydrogens is 334 g/mol. The van der Waals surface area contributed by atoms with E-state index in [0.29, 0.717) is 17.2 Å². The van der Waals surface area contributed by atoms with Crippen LogP contribution in [0.4, 0.5) is 5.95 Å². The third-order valence-corrected chi connectivity index (χ3v) is 4.32. The minimum Gasteiger partial charge on any atom is -0.461 e. The van der Waals surface area contributed by atoms with Crippen LogP contribution >= 0.6 is 0 Å². The number of hydrogen-bond donors (Lipinski definition) is 2. The van der Waals surface area contributed by atoms with Crippen LogP contribution in [0.3, 0.4) is 0 Å². The van der Waals surface area contributed by atoms with Gasteiger partial charge in [-0.3, -0.25) is 4.79 Å². The summed E-state index contributed by atoms with van der Waals surface area (Å²) in [6, 6.07) is 6.86. The Labute approximate surface area is 148 Å². The van der Waals surface area contributed by atoms with E-state index in [2.05, 4.69) is 20.1 Å². The van der Waals surface area contributed by atoms with Gasteiger partial charge in [0.1, 0.15) is 5.69 Å². The normalized spacial score (nSPS) is 12.4. The first-order valence-electron chi connectivity index (χ1n) is 8.01. The Morgan fingerprint density at radius 3 is 2.92 bits per heavy atom. The summed E-state index contributed by atoms with van der Waals surface area (Å²) < 4.78 is 6.68. The molecule has 0 spiro atoms. The molecule has 0 aliphatic carbocycles. The van der Waals surface area contributed by atoms with Crippen LogP contribution in [0.25, 0.3) is 17.2 Å². The topological polar surface area (TPSA) is 118 Å². The number of carbonyl (C=O) groups excluding carboxylic acids is 1. The van der Waals surface area contributed by atoms with E-state index in [1.807, 2.05) is 25.4 Å². The van der Waals surface area contributed by atoms with Crippen molar-refractivity contribution in [2.75, 3.05) is 12.8 Å². The van der Waals surface area contributed by atoms with Gasteiger partial charge in [-0.1, -0.05) is 0 Å². The summed E-state index contributed by atoms with van der Waals surface area (Å²) >= 11 is 0. The van der Waals surface area contributed by atoms with Gasteiger partial charge in [0.25, 0.3) is 5.91 Å². The van der Waals surface area contributed by atoms with Crippen LogP contribution in [0.5, 0.6) is 0 Å². The molecule has 9 nitrogen and oxygen atoms in total. The lowest BCUT2D eigenvalue weighted by atomic mass is 10.1. The lowest BCUT2D eigenvalue weighted by molar-refractivity contribution is 0.0737. The second-order valence-corrected chi connectivity index (χ2v) is 5.92. The minimum absolute atomic E-state index is 0.0823. The van der Waals surface area contributed by atoms with Crippen LogP contribution in [-0.4, -0.2) is 42.4 Å². The molecule has 1 atom stereocenters. The molecule has 0 saturated carbocycles. The number of nitrogen functional groups attached to an aromatic ring is 1. The average Bonchev–Trinajstić information content (AvgIpc) is 3.40. The number of nitrogens with zero attached hydrogens (tertiary/aromatic N) is 5. The van der Waals surface area contributed by atoms with Gasteiger partial charge in [-0.25, -0.2) is 9.97 Å². The molecule has 1 unspecified atom stereocenters. The Morgan fingerprint density at radius 1 is 1.38 bits per heavy atom. The minimum atomic E-state index is -0.254. The summed E-state index contributed by atoms with van der Waals surface area (Å²) in [6.07, 6.45) is 5.21. The van der Waals surface area contributed by atoms with Gasteiger partial charge < -0.3 is 20.0 Å². The van der Waals surface area contributed by atoms with Crippen molar-refractivity contribution >= 4 is 17.5 Å². The molecule has 0 saturated heterocycles. The summed E-state index contributed by atoms with van der Waals surface area (Å²) in [7, 11) is 1.72. The van der Waals surface area contributed by atoms with Crippen LogP contribution < -0.4 is 5.73 Å². The number of anilines is 1. The summed E-state index contributed by atoms with van der Waals surface area (Å²) in [5, 5.41) is 4.27. The average molecular weight is 351 g/mol. The SMILES string of the molecule is CC(c1cc[nH]c1)N(C)C(=O)c1cc2nc(-c3ccco3)nn2c(N)n1. The molecule has 26 heavy (non-hydrogen) atoms. The van der Waals surface area contributed by atoms with Gasteiger partial charge in [0, 0.05) is 25.5 Å². The molecule has 0 bridgehead atoms. The maximum atomic E-state index is 12.8. The van der Waals surface area contributed by atoms with Crippen LogP contribution in [0.15, 0.2) is 47.3 Å². The summed E-state index contributed by atoms with van der Waals surface area (Å²) in [6.45, 7) is 1.94. The van der Waals surface area contributed by atoms with Crippen molar-refractivity contribution in [2.24, 2.45) is 0 Å². The predicted molar refractivity (Wildman–Crippen MR) is 94.2 cm³/mol. The van der Waals surface area contributed by atoms with E-state index in [1.54, 1.807) is 30.1 Å². The molecule has 3 N–H and O–H groups in total. The summed E-state index contributed by atoms with van der Waals surface area (Å²) in [5.41, 5.74) is 7.61. The van der Waals surface area contributed by atoms with E-state index in [0.717, 1.165) is 5.56 Å². The van der Waals surface area contributed by atoms with Crippen molar-refractivity contribution < 1.29 is 9.21 Å². The molecule has 132 valence electrons. The Balaban J connectivity index is 1.69. The van der Waals surface area contributed by atoms with Gasteiger partial charge in [-0.2, -0.15) is 4.52 Å². The standard InChI is InChI=1S/C17H17N7O2/c1-10(11-5-6-19-9-11)23(2)16(25)12-8-14-21-15(13-4-3-7-26-13)22-24(14)17(18)20-12/h3-10,19H,1-2H3,(H2,18,20). The van der Waals surface area contributed by atoms with Crippen molar-refractivity contribution in [3.8, 4) is 11.6 Å². The molecule has 0 aliphatic rings. The lowest BCUT2D eigenvalue weighted by Gasteiger charge is -2.24. The monoisotopic (exact) mass is 351 g/mol. The molecule has 0 fully saturated rings. The van der Waals surface area contributed by atoms with Crippen LogP contribution in [0.1, 0.15) is 29.0 Å². The number of rotatable bonds is 4. The van der Waals surface area contributed by atoms with Crippen molar-refractivity contribution in [3.63, 3.8) is 0 Å². The maximum Gasteiger partial charge on any atom is 0.272 e. The zero-order chi connectivity index (χ0) is 18.3. The first-order chi connectivity index (χ1) is 12.5. The van der Waals surface area contributed by atoms with Gasteiger partial charge in [-0.05, 0) is 30.7 Å². The first-order valence-corrected chi connectivity index (χ1v) is 8.01. The van der Waals surface area contributed by atoms with Gasteiger partial charge in [0.05, 0.1) is 12.3 Å². The van der Waals surface area contributed by atoms with E-state index in [-0.39, 0.29) is 23.6 Å². The van der Waals surface area contributed by atoms with Crippen molar-refractivity contribution in [3.05, 3.63) is 54.2 Å². The number of fused-ring (bicyclic) bond motifs is 1. The van der Waals surface area contributed by atoms with Gasteiger partial charge in [0.15, 0.2) is 11.4 Å². The number of hydrogen-bond acceptors (Lipinski definition) is 6.